The van der Waals surface area contributed by atoms with Crippen LogP contribution in [0, 0.1) is 0 Å². The predicted octanol–water partition coefficient (Wildman–Crippen LogP) is 2.00. The summed E-state index contributed by atoms with van der Waals surface area (Å²) in [6.07, 6.45) is 0.869. The Labute approximate surface area is 108 Å². The third kappa shape index (κ3) is 3.31. The average Bonchev–Trinajstić information content (AvgIpc) is 2.40. The predicted molar refractivity (Wildman–Crippen MR) is 70.5 cm³/mol. The maximum Gasteiger partial charge on any atom is 0.331 e. The molecule has 0 aliphatic rings. The first-order valence-corrected chi connectivity index (χ1v) is 6.29. The molecule has 4 heteroatoms. The van der Waals surface area contributed by atoms with Crippen LogP contribution in [-0.4, -0.2) is 30.8 Å². The summed E-state index contributed by atoms with van der Waals surface area (Å²) in [5, 5.41) is 12.7. The van der Waals surface area contributed by atoms with Crippen LogP contribution >= 0.6 is 0 Å². The highest BCUT2D eigenvalue weighted by Gasteiger charge is 2.40. The molecular formula is C14H21NO3. The molecule has 100 valence electrons. The maximum atomic E-state index is 11.7. The third-order valence-corrected chi connectivity index (χ3v) is 2.83. The summed E-state index contributed by atoms with van der Waals surface area (Å²) in [6, 6.07) is 9.18. The minimum absolute atomic E-state index is 0.128. The largest absolute Gasteiger partial charge is 0.480 e. The van der Waals surface area contributed by atoms with Crippen LogP contribution in [0.1, 0.15) is 25.8 Å². The zero-order valence-electron chi connectivity index (χ0n) is 11.0. The SMILES string of the molecule is CCCNC(COCC)(C(=O)O)c1ccccc1. The highest BCUT2D eigenvalue weighted by Crippen LogP contribution is 2.22. The molecule has 0 radical (unpaired) electrons. The van der Waals surface area contributed by atoms with Gasteiger partial charge < -0.3 is 9.84 Å². The van der Waals surface area contributed by atoms with Gasteiger partial charge >= 0.3 is 5.97 Å². The molecule has 0 aliphatic carbocycles. The van der Waals surface area contributed by atoms with Gasteiger partial charge in [-0.2, -0.15) is 0 Å². The Morgan fingerprint density at radius 3 is 2.50 bits per heavy atom. The number of ether oxygens (including phenoxy) is 1. The first-order chi connectivity index (χ1) is 8.67. The van der Waals surface area contributed by atoms with Crippen LogP contribution in [-0.2, 0) is 15.1 Å². The summed E-state index contributed by atoms with van der Waals surface area (Å²) in [7, 11) is 0. The van der Waals surface area contributed by atoms with E-state index in [4.69, 9.17) is 4.74 Å². The van der Waals surface area contributed by atoms with Gasteiger partial charge in [0.1, 0.15) is 0 Å². The number of carboxylic acid groups (broad SMARTS) is 1. The number of carboxylic acids is 1. The first kappa shape index (κ1) is 14.7. The monoisotopic (exact) mass is 251 g/mol. The van der Waals surface area contributed by atoms with Gasteiger partial charge in [0.15, 0.2) is 5.54 Å². The van der Waals surface area contributed by atoms with Gasteiger partial charge in [-0.25, -0.2) is 4.79 Å². The van der Waals surface area contributed by atoms with Crippen LogP contribution in [0.3, 0.4) is 0 Å². The Kier molecular flexibility index (Phi) is 5.82. The Bertz CT molecular complexity index is 357. The van der Waals surface area contributed by atoms with Crippen LogP contribution < -0.4 is 5.32 Å². The molecule has 0 aliphatic heterocycles. The molecule has 18 heavy (non-hydrogen) atoms. The van der Waals surface area contributed by atoms with E-state index in [0.717, 1.165) is 12.0 Å². The molecule has 0 heterocycles. The molecule has 0 fully saturated rings. The van der Waals surface area contributed by atoms with Crippen molar-refractivity contribution in [2.45, 2.75) is 25.8 Å². The zero-order valence-corrected chi connectivity index (χ0v) is 11.0. The second-order valence-corrected chi connectivity index (χ2v) is 4.14. The number of nitrogens with one attached hydrogen (secondary N) is 1. The fourth-order valence-electron chi connectivity index (χ4n) is 1.81. The van der Waals surface area contributed by atoms with E-state index < -0.39 is 11.5 Å². The Balaban J connectivity index is 3.07. The van der Waals surface area contributed by atoms with E-state index in [9.17, 15) is 9.90 Å². The summed E-state index contributed by atoms with van der Waals surface area (Å²) in [5.74, 6) is -0.907. The van der Waals surface area contributed by atoms with Gasteiger partial charge in [0, 0.05) is 6.61 Å². The van der Waals surface area contributed by atoms with Gasteiger partial charge in [-0.05, 0) is 25.5 Å². The van der Waals surface area contributed by atoms with E-state index in [1.807, 2.05) is 44.2 Å². The molecule has 1 atom stereocenters. The number of hydrogen-bond donors (Lipinski definition) is 2. The smallest absolute Gasteiger partial charge is 0.331 e. The normalized spacial score (nSPS) is 14.1. The van der Waals surface area contributed by atoms with Crippen molar-refractivity contribution in [3.63, 3.8) is 0 Å². The lowest BCUT2D eigenvalue weighted by atomic mass is 9.90. The van der Waals surface area contributed by atoms with Crippen molar-refractivity contribution in [1.82, 2.24) is 5.32 Å². The Morgan fingerprint density at radius 2 is 2.00 bits per heavy atom. The molecule has 1 rings (SSSR count). The molecule has 0 saturated heterocycles. The van der Waals surface area contributed by atoms with Crippen LogP contribution in [0.5, 0.6) is 0 Å². The quantitative estimate of drug-likeness (QED) is 0.742. The van der Waals surface area contributed by atoms with Crippen LogP contribution in [0.2, 0.25) is 0 Å². The second kappa shape index (κ2) is 7.13. The van der Waals surface area contributed by atoms with Crippen molar-refractivity contribution in [3.8, 4) is 0 Å². The van der Waals surface area contributed by atoms with Crippen molar-refractivity contribution >= 4 is 5.97 Å². The van der Waals surface area contributed by atoms with Crippen molar-refractivity contribution in [2.24, 2.45) is 0 Å². The van der Waals surface area contributed by atoms with E-state index in [1.165, 1.54) is 0 Å². The van der Waals surface area contributed by atoms with E-state index in [2.05, 4.69) is 5.32 Å². The maximum absolute atomic E-state index is 11.7. The number of rotatable bonds is 8. The summed E-state index contributed by atoms with van der Waals surface area (Å²) in [6.45, 7) is 5.12. The molecule has 0 aromatic heterocycles. The number of benzene rings is 1. The third-order valence-electron chi connectivity index (χ3n) is 2.83. The number of aliphatic carboxylic acids is 1. The lowest BCUT2D eigenvalue weighted by Gasteiger charge is -2.30. The van der Waals surface area contributed by atoms with Crippen molar-refractivity contribution < 1.29 is 14.6 Å². The Morgan fingerprint density at radius 1 is 1.33 bits per heavy atom. The van der Waals surface area contributed by atoms with Crippen LogP contribution in [0.25, 0.3) is 0 Å². The molecule has 0 saturated carbocycles. The second-order valence-electron chi connectivity index (χ2n) is 4.14. The highest BCUT2D eigenvalue weighted by molar-refractivity contribution is 5.81. The average molecular weight is 251 g/mol. The minimum atomic E-state index is -1.16. The van der Waals surface area contributed by atoms with Gasteiger partial charge in [-0.3, -0.25) is 5.32 Å². The van der Waals surface area contributed by atoms with Gasteiger partial charge in [0.05, 0.1) is 6.61 Å². The minimum Gasteiger partial charge on any atom is -0.480 e. The zero-order chi connectivity index (χ0) is 13.4. The van der Waals surface area contributed by atoms with Gasteiger partial charge in [-0.1, -0.05) is 37.3 Å². The molecule has 2 N–H and O–H groups in total. The molecule has 0 spiro atoms. The van der Waals surface area contributed by atoms with E-state index in [0.29, 0.717) is 13.2 Å². The molecule has 1 aromatic rings. The standard InChI is InChI=1S/C14H21NO3/c1-3-10-15-14(13(16)17,11-18-4-2)12-8-6-5-7-9-12/h5-9,15H,3-4,10-11H2,1-2H3,(H,16,17). The van der Waals surface area contributed by atoms with Crippen LogP contribution in [0.4, 0.5) is 0 Å². The van der Waals surface area contributed by atoms with E-state index >= 15 is 0 Å². The van der Waals surface area contributed by atoms with E-state index in [-0.39, 0.29) is 6.61 Å². The van der Waals surface area contributed by atoms with Crippen LogP contribution in [0.15, 0.2) is 30.3 Å². The van der Waals surface area contributed by atoms with Gasteiger partial charge in [-0.15, -0.1) is 0 Å². The lowest BCUT2D eigenvalue weighted by molar-refractivity contribution is -0.148. The number of hydrogen-bond acceptors (Lipinski definition) is 3. The fourth-order valence-corrected chi connectivity index (χ4v) is 1.81. The van der Waals surface area contributed by atoms with Crippen molar-refractivity contribution in [2.75, 3.05) is 19.8 Å². The molecule has 0 amide bonds. The molecule has 4 nitrogen and oxygen atoms in total. The van der Waals surface area contributed by atoms with Crippen molar-refractivity contribution in [3.05, 3.63) is 35.9 Å². The highest BCUT2D eigenvalue weighted by atomic mass is 16.5. The van der Waals surface area contributed by atoms with Gasteiger partial charge in [0.2, 0.25) is 0 Å². The molecule has 1 unspecified atom stereocenters. The van der Waals surface area contributed by atoms with Crippen molar-refractivity contribution in [1.29, 1.82) is 0 Å². The van der Waals surface area contributed by atoms with E-state index in [1.54, 1.807) is 0 Å². The molecule has 1 aromatic carbocycles. The summed E-state index contributed by atoms with van der Waals surface area (Å²) in [5.41, 5.74) is -0.438. The first-order valence-electron chi connectivity index (χ1n) is 6.29. The molecule has 0 bridgehead atoms. The summed E-state index contributed by atoms with van der Waals surface area (Å²) >= 11 is 0. The Hall–Kier alpha value is -1.39. The number of carbonyl (C=O) groups is 1. The lowest BCUT2D eigenvalue weighted by Crippen LogP contribution is -2.53. The van der Waals surface area contributed by atoms with Gasteiger partial charge in [0.25, 0.3) is 0 Å². The summed E-state index contributed by atoms with van der Waals surface area (Å²) in [4.78, 5) is 11.7. The summed E-state index contributed by atoms with van der Waals surface area (Å²) < 4.78 is 5.37. The molecular weight excluding hydrogens is 230 g/mol. The fraction of sp³-hybridized carbons (Fsp3) is 0.500. The topological polar surface area (TPSA) is 58.6 Å².